The van der Waals surface area contributed by atoms with Crippen LogP contribution < -0.4 is 5.32 Å². The number of ether oxygens (including phenoxy) is 1. The summed E-state index contributed by atoms with van der Waals surface area (Å²) in [6.07, 6.45) is 3.07. The predicted molar refractivity (Wildman–Crippen MR) is 96.9 cm³/mol. The van der Waals surface area contributed by atoms with Crippen LogP contribution in [0.2, 0.25) is 0 Å². The van der Waals surface area contributed by atoms with Crippen molar-refractivity contribution in [2.45, 2.75) is 44.1 Å². The number of hydrogen-bond donors (Lipinski definition) is 1. The van der Waals surface area contributed by atoms with Gasteiger partial charge in [0.05, 0.1) is 5.60 Å². The zero-order valence-electron chi connectivity index (χ0n) is 14.5. The lowest BCUT2D eigenvalue weighted by molar-refractivity contribution is -0.0834. The first-order valence-corrected chi connectivity index (χ1v) is 8.68. The Balaban J connectivity index is 1.74. The molecule has 1 unspecified atom stereocenters. The number of nitrogens with one attached hydrogen (secondary N) is 1. The van der Waals surface area contributed by atoms with Gasteiger partial charge in [-0.15, -0.1) is 0 Å². The van der Waals surface area contributed by atoms with Crippen LogP contribution in [0.1, 0.15) is 38.7 Å². The fourth-order valence-electron chi connectivity index (χ4n) is 3.89. The largest absolute Gasteiger partial charge is 0.385 e. The number of hydrogen-bond acceptors (Lipinski definition) is 2. The Hall–Kier alpha value is -1.87. The standard InChI is InChI=1S/C21H26FNO/c1-20(2)16-21(13-15-24-20,17-6-4-3-5-7-17)12-14-23-19-10-8-18(22)9-11-19/h3-11,23H,12-16H2,1-2H3. The van der Waals surface area contributed by atoms with Crippen LogP contribution in [0.25, 0.3) is 0 Å². The first-order chi connectivity index (χ1) is 11.5. The van der Waals surface area contributed by atoms with E-state index >= 15 is 0 Å². The summed E-state index contributed by atoms with van der Waals surface area (Å²) in [6.45, 7) is 6.00. The molecule has 1 aliphatic heterocycles. The van der Waals surface area contributed by atoms with Crippen LogP contribution in [0, 0.1) is 5.82 Å². The molecule has 0 aromatic heterocycles. The average molecular weight is 327 g/mol. The van der Waals surface area contributed by atoms with Gasteiger partial charge >= 0.3 is 0 Å². The van der Waals surface area contributed by atoms with E-state index in [4.69, 9.17) is 4.74 Å². The van der Waals surface area contributed by atoms with Crippen molar-refractivity contribution in [1.82, 2.24) is 0 Å². The summed E-state index contributed by atoms with van der Waals surface area (Å²) in [5, 5.41) is 3.43. The normalized spacial score (nSPS) is 23.0. The van der Waals surface area contributed by atoms with Crippen molar-refractivity contribution in [1.29, 1.82) is 0 Å². The molecule has 0 radical (unpaired) electrons. The molecule has 1 saturated heterocycles. The number of anilines is 1. The van der Waals surface area contributed by atoms with E-state index < -0.39 is 0 Å². The quantitative estimate of drug-likeness (QED) is 0.819. The molecule has 0 spiro atoms. The Bertz CT molecular complexity index is 653. The van der Waals surface area contributed by atoms with E-state index in [-0.39, 0.29) is 16.8 Å². The van der Waals surface area contributed by atoms with E-state index in [1.54, 1.807) is 12.1 Å². The lowest BCUT2D eigenvalue weighted by atomic mass is 9.67. The molecule has 128 valence electrons. The van der Waals surface area contributed by atoms with Gasteiger partial charge in [0, 0.05) is 24.3 Å². The fraction of sp³-hybridized carbons (Fsp3) is 0.429. The van der Waals surface area contributed by atoms with Gasteiger partial charge in [-0.1, -0.05) is 30.3 Å². The monoisotopic (exact) mass is 327 g/mol. The molecule has 2 aromatic carbocycles. The SMILES string of the molecule is CC1(C)CC(CCNc2ccc(F)cc2)(c2ccccc2)CCO1. The fourth-order valence-corrected chi connectivity index (χ4v) is 3.89. The lowest BCUT2D eigenvalue weighted by Crippen LogP contribution is -2.44. The van der Waals surface area contributed by atoms with Gasteiger partial charge < -0.3 is 10.1 Å². The minimum absolute atomic E-state index is 0.107. The van der Waals surface area contributed by atoms with Gasteiger partial charge in [-0.3, -0.25) is 0 Å². The Morgan fingerprint density at radius 3 is 2.42 bits per heavy atom. The van der Waals surface area contributed by atoms with Crippen molar-refractivity contribution in [2.24, 2.45) is 0 Å². The zero-order chi connectivity index (χ0) is 17.0. The summed E-state index contributed by atoms with van der Waals surface area (Å²) >= 11 is 0. The van der Waals surface area contributed by atoms with Crippen molar-refractivity contribution in [3.63, 3.8) is 0 Å². The van der Waals surface area contributed by atoms with Crippen LogP contribution in [-0.4, -0.2) is 18.8 Å². The Labute approximate surface area is 144 Å². The lowest BCUT2D eigenvalue weighted by Gasteiger charge is -2.45. The second-order valence-corrected chi connectivity index (χ2v) is 7.36. The number of rotatable bonds is 5. The maximum Gasteiger partial charge on any atom is 0.123 e. The number of benzene rings is 2. The second-order valence-electron chi connectivity index (χ2n) is 7.36. The van der Waals surface area contributed by atoms with Gasteiger partial charge in [-0.2, -0.15) is 0 Å². The highest BCUT2D eigenvalue weighted by molar-refractivity contribution is 5.43. The van der Waals surface area contributed by atoms with Gasteiger partial charge in [0.1, 0.15) is 5.82 Å². The van der Waals surface area contributed by atoms with Gasteiger partial charge in [0.2, 0.25) is 0 Å². The van der Waals surface area contributed by atoms with Gasteiger partial charge in [-0.25, -0.2) is 4.39 Å². The Morgan fingerprint density at radius 2 is 1.75 bits per heavy atom. The average Bonchev–Trinajstić information content (AvgIpc) is 2.57. The Kier molecular flexibility index (Phi) is 4.91. The molecule has 24 heavy (non-hydrogen) atoms. The van der Waals surface area contributed by atoms with Crippen LogP contribution in [0.4, 0.5) is 10.1 Å². The van der Waals surface area contributed by atoms with Crippen molar-refractivity contribution >= 4 is 5.69 Å². The minimum Gasteiger partial charge on any atom is -0.385 e. The molecule has 0 amide bonds. The van der Waals surface area contributed by atoms with Crippen LogP contribution >= 0.6 is 0 Å². The van der Waals surface area contributed by atoms with Crippen molar-refractivity contribution < 1.29 is 9.13 Å². The molecule has 0 bridgehead atoms. The van der Waals surface area contributed by atoms with Crippen molar-refractivity contribution in [2.75, 3.05) is 18.5 Å². The van der Waals surface area contributed by atoms with Crippen LogP contribution in [0.15, 0.2) is 54.6 Å². The summed E-state index contributed by atoms with van der Waals surface area (Å²) in [5.41, 5.74) is 2.37. The van der Waals surface area contributed by atoms with E-state index in [1.807, 2.05) is 0 Å². The third kappa shape index (κ3) is 3.96. The van der Waals surface area contributed by atoms with Gasteiger partial charge in [0.25, 0.3) is 0 Å². The molecule has 2 nitrogen and oxygen atoms in total. The van der Waals surface area contributed by atoms with Crippen LogP contribution in [0.3, 0.4) is 0 Å². The summed E-state index contributed by atoms with van der Waals surface area (Å²) in [4.78, 5) is 0. The van der Waals surface area contributed by atoms with E-state index in [9.17, 15) is 4.39 Å². The highest BCUT2D eigenvalue weighted by Gasteiger charge is 2.41. The van der Waals surface area contributed by atoms with E-state index in [0.717, 1.165) is 38.1 Å². The Morgan fingerprint density at radius 1 is 1.04 bits per heavy atom. The van der Waals surface area contributed by atoms with Crippen molar-refractivity contribution in [3.05, 3.63) is 66.0 Å². The van der Waals surface area contributed by atoms with E-state index in [1.165, 1.54) is 17.7 Å². The maximum absolute atomic E-state index is 13.0. The third-order valence-electron chi connectivity index (χ3n) is 5.00. The first-order valence-electron chi connectivity index (χ1n) is 8.68. The highest BCUT2D eigenvalue weighted by Crippen LogP contribution is 2.43. The smallest absolute Gasteiger partial charge is 0.123 e. The summed E-state index contributed by atoms with van der Waals surface area (Å²) < 4.78 is 19.0. The summed E-state index contributed by atoms with van der Waals surface area (Å²) in [7, 11) is 0. The molecule has 0 aliphatic carbocycles. The highest BCUT2D eigenvalue weighted by atomic mass is 19.1. The van der Waals surface area contributed by atoms with Gasteiger partial charge in [-0.05, 0) is 62.9 Å². The van der Waals surface area contributed by atoms with Crippen LogP contribution in [-0.2, 0) is 10.2 Å². The van der Waals surface area contributed by atoms with Gasteiger partial charge in [0.15, 0.2) is 0 Å². The predicted octanol–water partition coefficient (Wildman–Crippen LogP) is 5.15. The third-order valence-corrected chi connectivity index (χ3v) is 5.00. The zero-order valence-corrected chi connectivity index (χ0v) is 14.5. The second kappa shape index (κ2) is 6.94. The molecule has 1 fully saturated rings. The molecule has 3 heteroatoms. The minimum atomic E-state index is -0.201. The van der Waals surface area contributed by atoms with E-state index in [0.29, 0.717) is 0 Å². The molecule has 2 aromatic rings. The molecule has 1 N–H and O–H groups in total. The van der Waals surface area contributed by atoms with E-state index in [2.05, 4.69) is 49.5 Å². The molecule has 1 aliphatic rings. The maximum atomic E-state index is 13.0. The molecule has 3 rings (SSSR count). The molecule has 0 saturated carbocycles. The summed E-state index contributed by atoms with van der Waals surface area (Å²) in [5.74, 6) is -0.201. The van der Waals surface area contributed by atoms with Crippen molar-refractivity contribution in [3.8, 4) is 0 Å². The summed E-state index contributed by atoms with van der Waals surface area (Å²) in [6, 6.07) is 17.3. The topological polar surface area (TPSA) is 21.3 Å². The van der Waals surface area contributed by atoms with Crippen LogP contribution in [0.5, 0.6) is 0 Å². The molecular formula is C21H26FNO. The molecule has 1 heterocycles. The molecular weight excluding hydrogens is 301 g/mol. The number of halogens is 1. The first kappa shape index (κ1) is 17.0. The molecule has 1 atom stereocenters.